The topological polar surface area (TPSA) is 15.8 Å². The van der Waals surface area contributed by atoms with E-state index >= 15 is 0 Å². The normalized spacial score (nSPS) is 12.5. The van der Waals surface area contributed by atoms with Crippen LogP contribution in [-0.2, 0) is 5.41 Å². The molecule has 0 atom stereocenters. The van der Waals surface area contributed by atoms with Gasteiger partial charge in [-0.15, -0.1) is 0 Å². The Morgan fingerprint density at radius 2 is 1.83 bits per heavy atom. The van der Waals surface area contributed by atoms with Gasteiger partial charge in [-0.2, -0.15) is 0 Å². The van der Waals surface area contributed by atoms with Crippen molar-refractivity contribution in [2.45, 2.75) is 46.0 Å². The fraction of sp³-hybridized carbons (Fsp3) is 0.636. The maximum atomic E-state index is 3.31. The van der Waals surface area contributed by atoms with Gasteiger partial charge in [0.2, 0.25) is 0 Å². The third-order valence-corrected chi connectivity index (χ3v) is 2.16. The first-order valence-electron chi connectivity index (χ1n) is 4.60. The zero-order chi connectivity index (χ0) is 9.35. The Balaban J connectivity index is 3.08. The van der Waals surface area contributed by atoms with Crippen molar-refractivity contribution < 1.29 is 0 Å². The standard InChI is InChI=1S/C11H19N/c1-8(2)10-9(6-7-12-10)11(3,4)5/h6-8,12H,1-5H3. The molecule has 1 heteroatoms. The molecule has 0 saturated heterocycles. The first-order valence-corrected chi connectivity index (χ1v) is 4.60. The Kier molecular flexibility index (Phi) is 2.31. The molecule has 0 bridgehead atoms. The van der Waals surface area contributed by atoms with E-state index in [1.165, 1.54) is 11.3 Å². The number of rotatable bonds is 1. The molecule has 0 aromatic carbocycles. The van der Waals surface area contributed by atoms with Crippen LogP contribution in [0, 0.1) is 0 Å². The molecule has 0 spiro atoms. The molecule has 68 valence electrons. The number of nitrogens with one attached hydrogen (secondary N) is 1. The van der Waals surface area contributed by atoms with E-state index in [-0.39, 0.29) is 5.41 Å². The minimum atomic E-state index is 0.263. The van der Waals surface area contributed by atoms with Crippen LogP contribution in [0.25, 0.3) is 0 Å². The average Bonchev–Trinajstić information content (AvgIpc) is 2.30. The molecular weight excluding hydrogens is 146 g/mol. The lowest BCUT2D eigenvalue weighted by molar-refractivity contribution is 0.576. The number of aromatic nitrogens is 1. The van der Waals surface area contributed by atoms with Crippen LogP contribution < -0.4 is 0 Å². The molecule has 1 aromatic rings. The lowest BCUT2D eigenvalue weighted by Gasteiger charge is -2.20. The van der Waals surface area contributed by atoms with E-state index in [0.717, 1.165) is 0 Å². The summed E-state index contributed by atoms with van der Waals surface area (Å²) in [5.41, 5.74) is 3.08. The molecular formula is C11H19N. The van der Waals surface area contributed by atoms with Crippen molar-refractivity contribution in [1.82, 2.24) is 4.98 Å². The highest BCUT2D eigenvalue weighted by atomic mass is 14.7. The molecule has 0 unspecified atom stereocenters. The maximum Gasteiger partial charge on any atom is 0.0210 e. The monoisotopic (exact) mass is 165 g/mol. The van der Waals surface area contributed by atoms with Gasteiger partial charge in [0.05, 0.1) is 0 Å². The largest absolute Gasteiger partial charge is 0.365 e. The third-order valence-electron chi connectivity index (χ3n) is 2.16. The highest BCUT2D eigenvalue weighted by Gasteiger charge is 2.19. The van der Waals surface area contributed by atoms with Crippen molar-refractivity contribution in [2.75, 3.05) is 0 Å². The molecule has 0 aliphatic rings. The number of H-pyrrole nitrogens is 1. The quantitative estimate of drug-likeness (QED) is 0.656. The molecule has 0 fully saturated rings. The van der Waals surface area contributed by atoms with Gasteiger partial charge in [-0.3, -0.25) is 0 Å². The summed E-state index contributed by atoms with van der Waals surface area (Å²) >= 11 is 0. The van der Waals surface area contributed by atoms with Crippen molar-refractivity contribution in [3.8, 4) is 0 Å². The molecule has 0 radical (unpaired) electrons. The Bertz CT molecular complexity index is 250. The summed E-state index contributed by atoms with van der Waals surface area (Å²) in [7, 11) is 0. The van der Waals surface area contributed by atoms with Gasteiger partial charge >= 0.3 is 0 Å². The average molecular weight is 165 g/mol. The molecule has 1 aromatic heterocycles. The van der Waals surface area contributed by atoms with Gasteiger partial charge in [0.1, 0.15) is 0 Å². The Labute approximate surface area is 75.2 Å². The minimum Gasteiger partial charge on any atom is -0.365 e. The number of hydrogen-bond donors (Lipinski definition) is 1. The van der Waals surface area contributed by atoms with E-state index in [1.807, 2.05) is 6.20 Å². The maximum absolute atomic E-state index is 3.31. The first-order chi connectivity index (χ1) is 5.43. The minimum absolute atomic E-state index is 0.263. The van der Waals surface area contributed by atoms with Gasteiger partial charge in [-0.05, 0) is 23.0 Å². The number of hydrogen-bond acceptors (Lipinski definition) is 0. The van der Waals surface area contributed by atoms with Crippen LogP contribution in [0.5, 0.6) is 0 Å². The van der Waals surface area contributed by atoms with Crippen molar-refractivity contribution in [3.63, 3.8) is 0 Å². The highest BCUT2D eigenvalue weighted by Crippen LogP contribution is 2.29. The van der Waals surface area contributed by atoms with E-state index in [1.54, 1.807) is 0 Å². The molecule has 1 rings (SSSR count). The van der Waals surface area contributed by atoms with Crippen molar-refractivity contribution >= 4 is 0 Å². The fourth-order valence-corrected chi connectivity index (χ4v) is 1.51. The van der Waals surface area contributed by atoms with Gasteiger partial charge in [0.15, 0.2) is 0 Å². The van der Waals surface area contributed by atoms with Gasteiger partial charge in [0, 0.05) is 11.9 Å². The second kappa shape index (κ2) is 2.96. The molecule has 0 saturated carbocycles. The van der Waals surface area contributed by atoms with E-state index in [9.17, 15) is 0 Å². The fourth-order valence-electron chi connectivity index (χ4n) is 1.51. The van der Waals surface area contributed by atoms with Gasteiger partial charge in [0.25, 0.3) is 0 Å². The van der Waals surface area contributed by atoms with Crippen molar-refractivity contribution in [2.24, 2.45) is 0 Å². The lowest BCUT2D eigenvalue weighted by Crippen LogP contribution is -2.13. The Morgan fingerprint density at radius 3 is 2.17 bits per heavy atom. The summed E-state index contributed by atoms with van der Waals surface area (Å²) in [6.45, 7) is 11.2. The summed E-state index contributed by atoms with van der Waals surface area (Å²) < 4.78 is 0. The molecule has 12 heavy (non-hydrogen) atoms. The molecule has 0 aliphatic carbocycles. The Hall–Kier alpha value is -0.720. The summed E-state index contributed by atoms with van der Waals surface area (Å²) in [5.74, 6) is 0.592. The molecule has 0 amide bonds. The van der Waals surface area contributed by atoms with E-state index < -0.39 is 0 Å². The molecule has 1 nitrogen and oxygen atoms in total. The summed E-state index contributed by atoms with van der Waals surface area (Å²) in [6.07, 6.45) is 2.04. The predicted molar refractivity (Wildman–Crippen MR) is 53.6 cm³/mol. The van der Waals surface area contributed by atoms with Gasteiger partial charge in [-0.25, -0.2) is 0 Å². The van der Waals surface area contributed by atoms with Crippen LogP contribution in [-0.4, -0.2) is 4.98 Å². The molecule has 1 N–H and O–H groups in total. The summed E-state index contributed by atoms with van der Waals surface area (Å²) in [4.78, 5) is 3.31. The zero-order valence-electron chi connectivity index (χ0n) is 8.73. The third kappa shape index (κ3) is 1.71. The summed E-state index contributed by atoms with van der Waals surface area (Å²) in [5, 5.41) is 0. The lowest BCUT2D eigenvalue weighted by atomic mass is 9.85. The van der Waals surface area contributed by atoms with Crippen molar-refractivity contribution in [1.29, 1.82) is 0 Å². The predicted octanol–water partition coefficient (Wildman–Crippen LogP) is 3.44. The Morgan fingerprint density at radius 1 is 1.25 bits per heavy atom. The highest BCUT2D eigenvalue weighted by molar-refractivity contribution is 5.29. The smallest absolute Gasteiger partial charge is 0.0210 e. The number of aromatic amines is 1. The van der Waals surface area contributed by atoms with Crippen LogP contribution in [0.2, 0.25) is 0 Å². The second-order valence-corrected chi connectivity index (χ2v) is 4.71. The molecule has 0 aliphatic heterocycles. The van der Waals surface area contributed by atoms with Crippen LogP contribution in [0.3, 0.4) is 0 Å². The van der Waals surface area contributed by atoms with Crippen LogP contribution >= 0.6 is 0 Å². The first kappa shape index (κ1) is 9.37. The van der Waals surface area contributed by atoms with Crippen LogP contribution in [0.4, 0.5) is 0 Å². The van der Waals surface area contributed by atoms with Gasteiger partial charge in [-0.1, -0.05) is 34.6 Å². The van der Waals surface area contributed by atoms with E-state index in [2.05, 4.69) is 45.7 Å². The van der Waals surface area contributed by atoms with Gasteiger partial charge < -0.3 is 4.98 Å². The van der Waals surface area contributed by atoms with E-state index in [0.29, 0.717) is 5.92 Å². The van der Waals surface area contributed by atoms with Crippen LogP contribution in [0.15, 0.2) is 12.3 Å². The van der Waals surface area contributed by atoms with Crippen LogP contribution in [0.1, 0.15) is 51.8 Å². The zero-order valence-corrected chi connectivity index (χ0v) is 8.73. The second-order valence-electron chi connectivity index (χ2n) is 4.71. The molecule has 1 heterocycles. The SMILES string of the molecule is CC(C)c1[nH]ccc1C(C)(C)C. The van der Waals surface area contributed by atoms with Crippen molar-refractivity contribution in [3.05, 3.63) is 23.5 Å². The summed E-state index contributed by atoms with van der Waals surface area (Å²) in [6, 6.07) is 2.19. The van der Waals surface area contributed by atoms with E-state index in [4.69, 9.17) is 0 Å².